The second-order valence-corrected chi connectivity index (χ2v) is 7.10. The Morgan fingerprint density at radius 3 is 2.24 bits per heavy atom. The molecule has 0 spiro atoms. The molecule has 1 saturated heterocycles. The Hall–Kier alpha value is -3.35. The minimum atomic E-state index is -0.803. The van der Waals surface area contributed by atoms with E-state index in [-0.39, 0.29) is 17.9 Å². The van der Waals surface area contributed by atoms with Gasteiger partial charge in [-0.1, -0.05) is 30.3 Å². The minimum absolute atomic E-state index is 0.158. The Morgan fingerprint density at radius 2 is 1.62 bits per heavy atom. The number of carboxylic acids is 1. The van der Waals surface area contributed by atoms with Crippen molar-refractivity contribution in [1.82, 2.24) is 10.2 Å². The summed E-state index contributed by atoms with van der Waals surface area (Å²) < 4.78 is 0. The lowest BCUT2D eigenvalue weighted by Crippen LogP contribution is -2.42. The van der Waals surface area contributed by atoms with Crippen LogP contribution in [-0.2, 0) is 11.2 Å². The van der Waals surface area contributed by atoms with Crippen LogP contribution in [0.5, 0.6) is 0 Å². The first-order chi connectivity index (χ1) is 14.0. The molecule has 3 N–H and O–H groups in total. The van der Waals surface area contributed by atoms with Crippen molar-refractivity contribution in [3.63, 3.8) is 0 Å². The fourth-order valence-electron chi connectivity index (χ4n) is 3.30. The van der Waals surface area contributed by atoms with Crippen LogP contribution < -0.4 is 10.6 Å². The van der Waals surface area contributed by atoms with Crippen molar-refractivity contribution >= 4 is 23.6 Å². The van der Waals surface area contributed by atoms with E-state index in [9.17, 15) is 14.4 Å². The Bertz CT molecular complexity index is 844. The monoisotopic (exact) mass is 395 g/mol. The molecule has 0 atom stereocenters. The summed E-state index contributed by atoms with van der Waals surface area (Å²) in [6, 6.07) is 16.4. The largest absolute Gasteiger partial charge is 0.481 e. The van der Waals surface area contributed by atoms with Crippen LogP contribution in [-0.4, -0.2) is 47.5 Å². The Labute approximate surface area is 169 Å². The second-order valence-electron chi connectivity index (χ2n) is 7.10. The first kappa shape index (κ1) is 20.4. The number of amides is 3. The standard InChI is InChI=1S/C22H25N3O4/c26-20(23-13-10-16-4-2-1-3-5-16)17-6-8-19(9-7-17)24-22(29)25-14-11-18(12-15-25)21(27)28/h1-9,18H,10-15H2,(H,23,26)(H,24,29)(H,27,28). The van der Waals surface area contributed by atoms with Crippen molar-refractivity contribution in [1.29, 1.82) is 0 Å². The summed E-state index contributed by atoms with van der Waals surface area (Å²) >= 11 is 0. The molecule has 3 amide bonds. The minimum Gasteiger partial charge on any atom is -0.481 e. The van der Waals surface area contributed by atoms with E-state index in [1.165, 1.54) is 5.56 Å². The van der Waals surface area contributed by atoms with Crippen LogP contribution in [0.15, 0.2) is 54.6 Å². The van der Waals surface area contributed by atoms with Crippen LogP contribution in [0.2, 0.25) is 0 Å². The van der Waals surface area contributed by atoms with Gasteiger partial charge in [-0.3, -0.25) is 9.59 Å². The van der Waals surface area contributed by atoms with Gasteiger partial charge in [0, 0.05) is 30.9 Å². The van der Waals surface area contributed by atoms with Gasteiger partial charge < -0.3 is 20.6 Å². The number of aliphatic carboxylic acids is 1. The number of nitrogens with one attached hydrogen (secondary N) is 2. The fraction of sp³-hybridized carbons (Fsp3) is 0.318. The maximum absolute atomic E-state index is 12.3. The number of urea groups is 1. The molecule has 1 heterocycles. The van der Waals surface area contributed by atoms with Gasteiger partial charge in [0.1, 0.15) is 0 Å². The molecule has 0 aliphatic carbocycles. The van der Waals surface area contributed by atoms with Crippen molar-refractivity contribution in [3.8, 4) is 0 Å². The number of hydrogen-bond acceptors (Lipinski definition) is 3. The average molecular weight is 395 g/mol. The SMILES string of the molecule is O=C(NCCc1ccccc1)c1ccc(NC(=O)N2CCC(C(=O)O)CC2)cc1. The van der Waals surface area contributed by atoms with Crippen molar-refractivity contribution in [2.45, 2.75) is 19.3 Å². The predicted molar refractivity (Wildman–Crippen MR) is 110 cm³/mol. The highest BCUT2D eigenvalue weighted by Crippen LogP contribution is 2.18. The van der Waals surface area contributed by atoms with Crippen molar-refractivity contribution in [2.24, 2.45) is 5.92 Å². The van der Waals surface area contributed by atoms with Gasteiger partial charge in [0.2, 0.25) is 0 Å². The highest BCUT2D eigenvalue weighted by Gasteiger charge is 2.26. The number of benzene rings is 2. The van der Waals surface area contributed by atoms with E-state index < -0.39 is 5.97 Å². The molecule has 1 aliphatic rings. The molecule has 1 aliphatic heterocycles. The van der Waals surface area contributed by atoms with Crippen LogP contribution in [0, 0.1) is 5.92 Å². The lowest BCUT2D eigenvalue weighted by Gasteiger charge is -2.30. The fourth-order valence-corrected chi connectivity index (χ4v) is 3.30. The number of piperidine rings is 1. The van der Waals surface area contributed by atoms with E-state index in [0.717, 1.165) is 6.42 Å². The van der Waals surface area contributed by atoms with Gasteiger partial charge in [-0.2, -0.15) is 0 Å². The molecule has 0 aromatic heterocycles. The summed E-state index contributed by atoms with van der Waals surface area (Å²) in [4.78, 5) is 37.2. The summed E-state index contributed by atoms with van der Waals surface area (Å²) in [6.07, 6.45) is 1.69. The molecule has 29 heavy (non-hydrogen) atoms. The topological polar surface area (TPSA) is 98.7 Å². The van der Waals surface area contributed by atoms with Crippen LogP contribution in [0.25, 0.3) is 0 Å². The molecule has 0 saturated carbocycles. The zero-order valence-corrected chi connectivity index (χ0v) is 16.1. The molecule has 2 aromatic rings. The van der Waals surface area contributed by atoms with Crippen LogP contribution in [0.3, 0.4) is 0 Å². The molecule has 7 heteroatoms. The zero-order valence-electron chi connectivity index (χ0n) is 16.1. The number of hydrogen-bond donors (Lipinski definition) is 3. The summed E-state index contributed by atoms with van der Waals surface area (Å²) in [7, 11) is 0. The van der Waals surface area contributed by atoms with Crippen molar-refractivity contribution in [3.05, 3.63) is 65.7 Å². The molecule has 7 nitrogen and oxygen atoms in total. The Kier molecular flexibility index (Phi) is 6.84. The number of nitrogens with zero attached hydrogens (tertiary/aromatic N) is 1. The van der Waals surface area contributed by atoms with E-state index in [1.54, 1.807) is 29.2 Å². The number of carbonyl (C=O) groups is 3. The predicted octanol–water partition coefficient (Wildman–Crippen LogP) is 2.99. The molecule has 0 radical (unpaired) electrons. The van der Waals surface area contributed by atoms with Gasteiger partial charge in [-0.25, -0.2) is 4.79 Å². The molecule has 3 rings (SSSR count). The molecule has 152 valence electrons. The quantitative estimate of drug-likeness (QED) is 0.700. The van der Waals surface area contributed by atoms with Crippen LogP contribution in [0.1, 0.15) is 28.8 Å². The second kappa shape index (κ2) is 9.73. The summed E-state index contributed by atoms with van der Waals surface area (Å²) in [5, 5.41) is 14.7. The molecule has 2 aromatic carbocycles. The van der Waals surface area contributed by atoms with Gasteiger partial charge in [-0.05, 0) is 49.1 Å². The van der Waals surface area contributed by atoms with Crippen LogP contribution >= 0.6 is 0 Å². The third-order valence-corrected chi connectivity index (χ3v) is 5.07. The normalized spacial score (nSPS) is 14.3. The van der Waals surface area contributed by atoms with Crippen molar-refractivity contribution < 1.29 is 19.5 Å². The molecular formula is C22H25N3O4. The maximum Gasteiger partial charge on any atom is 0.321 e. The number of rotatable bonds is 6. The Balaban J connectivity index is 1.45. The van der Waals surface area contributed by atoms with E-state index in [0.29, 0.717) is 43.7 Å². The van der Waals surface area contributed by atoms with E-state index in [2.05, 4.69) is 10.6 Å². The van der Waals surface area contributed by atoms with Gasteiger partial charge in [0.05, 0.1) is 5.92 Å². The van der Waals surface area contributed by atoms with Crippen LogP contribution in [0.4, 0.5) is 10.5 Å². The molecule has 0 unspecified atom stereocenters. The first-order valence-corrected chi connectivity index (χ1v) is 9.74. The lowest BCUT2D eigenvalue weighted by molar-refractivity contribution is -0.143. The maximum atomic E-state index is 12.3. The number of carbonyl (C=O) groups excluding carboxylic acids is 2. The molecule has 0 bridgehead atoms. The van der Waals surface area contributed by atoms with Gasteiger partial charge >= 0.3 is 12.0 Å². The van der Waals surface area contributed by atoms with Gasteiger partial charge in [0.25, 0.3) is 5.91 Å². The summed E-state index contributed by atoms with van der Waals surface area (Å²) in [6.45, 7) is 1.39. The van der Waals surface area contributed by atoms with E-state index in [1.807, 2.05) is 30.3 Å². The van der Waals surface area contributed by atoms with E-state index >= 15 is 0 Å². The van der Waals surface area contributed by atoms with E-state index in [4.69, 9.17) is 5.11 Å². The van der Waals surface area contributed by atoms with Gasteiger partial charge in [0.15, 0.2) is 0 Å². The third kappa shape index (κ3) is 5.81. The van der Waals surface area contributed by atoms with Crippen molar-refractivity contribution in [2.75, 3.05) is 25.0 Å². The zero-order chi connectivity index (χ0) is 20.6. The number of carboxylic acid groups (broad SMARTS) is 1. The first-order valence-electron chi connectivity index (χ1n) is 9.74. The summed E-state index contributed by atoms with van der Waals surface area (Å²) in [5.41, 5.74) is 2.28. The summed E-state index contributed by atoms with van der Waals surface area (Å²) in [5.74, 6) is -1.34. The molecular weight excluding hydrogens is 370 g/mol. The Morgan fingerprint density at radius 1 is 0.966 bits per heavy atom. The third-order valence-electron chi connectivity index (χ3n) is 5.07. The molecule has 1 fully saturated rings. The number of likely N-dealkylation sites (tertiary alicyclic amines) is 1. The highest BCUT2D eigenvalue weighted by molar-refractivity contribution is 5.95. The smallest absolute Gasteiger partial charge is 0.321 e. The lowest BCUT2D eigenvalue weighted by atomic mass is 9.97. The van der Waals surface area contributed by atoms with Gasteiger partial charge in [-0.15, -0.1) is 0 Å². The number of anilines is 1. The highest BCUT2D eigenvalue weighted by atomic mass is 16.4. The average Bonchev–Trinajstić information content (AvgIpc) is 2.75.